The molecule has 1 amide bonds. The number of nitrogens with zero attached hydrogens (tertiary/aromatic N) is 1. The van der Waals surface area contributed by atoms with Gasteiger partial charge < -0.3 is 21.5 Å². The Bertz CT molecular complexity index is 1180. The summed E-state index contributed by atoms with van der Waals surface area (Å²) in [5, 5.41) is 18.7. The van der Waals surface area contributed by atoms with Crippen LogP contribution in [-0.2, 0) is 7.05 Å². The van der Waals surface area contributed by atoms with Crippen LogP contribution in [0.25, 0.3) is 0 Å². The molecule has 0 aliphatic heterocycles. The predicted molar refractivity (Wildman–Crippen MR) is 115 cm³/mol. The molecule has 0 radical (unpaired) electrons. The number of amides is 1. The molecule has 1 atom stereocenters. The number of para-hydroxylation sites is 1. The molecule has 30 heavy (non-hydrogen) atoms. The Labute approximate surface area is 172 Å². The number of H-pyrrole nitrogens is 1. The minimum Gasteiger partial charge on any atom is -0.505 e. The number of nitrogens with one attached hydrogen (secondary N) is 3. The molecule has 156 valence electrons. The number of hydrogen-bond donors (Lipinski definition) is 5. The number of carbonyl (C=O) groups is 1. The van der Waals surface area contributed by atoms with Gasteiger partial charge in [-0.3, -0.25) is 24.2 Å². The van der Waals surface area contributed by atoms with Crippen molar-refractivity contribution in [2.24, 2.45) is 12.8 Å². The van der Waals surface area contributed by atoms with E-state index in [2.05, 4.69) is 15.7 Å². The number of aromatic hydroxyl groups is 1. The first-order valence-electron chi connectivity index (χ1n) is 9.37. The van der Waals surface area contributed by atoms with Crippen LogP contribution in [0.1, 0.15) is 35.3 Å². The number of rotatable bonds is 7. The van der Waals surface area contributed by atoms with Crippen molar-refractivity contribution in [1.29, 1.82) is 0 Å². The standard InChI is InChI=1S/C21H23N5O4/c1-3-14(12-8-5-4-6-9-12)23-17-16(20(29)25-26(2)21(17)30)24-15-11-7-10-13(18(15)27)19(22)28/h4-11,14,23-24,27H,3H2,1-2H3,(H2,22,28)(H,25,29). The van der Waals surface area contributed by atoms with Crippen LogP contribution in [0.15, 0.2) is 58.1 Å². The van der Waals surface area contributed by atoms with Crippen molar-refractivity contribution in [2.45, 2.75) is 19.4 Å². The van der Waals surface area contributed by atoms with E-state index in [9.17, 15) is 19.5 Å². The highest BCUT2D eigenvalue weighted by atomic mass is 16.3. The van der Waals surface area contributed by atoms with Crippen LogP contribution in [0, 0.1) is 0 Å². The topological polar surface area (TPSA) is 142 Å². The zero-order valence-electron chi connectivity index (χ0n) is 16.6. The highest BCUT2D eigenvalue weighted by molar-refractivity contribution is 5.98. The summed E-state index contributed by atoms with van der Waals surface area (Å²) in [6, 6.07) is 13.6. The molecule has 2 aromatic carbocycles. The number of aromatic amines is 1. The normalized spacial score (nSPS) is 11.7. The second kappa shape index (κ2) is 8.56. The largest absolute Gasteiger partial charge is 0.505 e. The smallest absolute Gasteiger partial charge is 0.290 e. The van der Waals surface area contributed by atoms with Crippen LogP contribution < -0.4 is 27.5 Å². The van der Waals surface area contributed by atoms with E-state index in [4.69, 9.17) is 5.73 Å². The van der Waals surface area contributed by atoms with Crippen LogP contribution in [0.2, 0.25) is 0 Å². The van der Waals surface area contributed by atoms with E-state index in [-0.39, 0.29) is 28.7 Å². The monoisotopic (exact) mass is 409 g/mol. The molecule has 1 heterocycles. The molecule has 3 aromatic rings. The summed E-state index contributed by atoms with van der Waals surface area (Å²) in [7, 11) is 1.44. The molecular weight excluding hydrogens is 386 g/mol. The fourth-order valence-electron chi connectivity index (χ4n) is 3.16. The maximum atomic E-state index is 12.8. The van der Waals surface area contributed by atoms with Crippen molar-refractivity contribution < 1.29 is 9.90 Å². The summed E-state index contributed by atoms with van der Waals surface area (Å²) in [6.07, 6.45) is 0.655. The number of primary amides is 1. The third-order valence-corrected chi connectivity index (χ3v) is 4.75. The van der Waals surface area contributed by atoms with Gasteiger partial charge in [0.25, 0.3) is 17.0 Å². The van der Waals surface area contributed by atoms with Crippen LogP contribution in [0.4, 0.5) is 17.1 Å². The quantitative estimate of drug-likeness (QED) is 0.379. The summed E-state index contributed by atoms with van der Waals surface area (Å²) in [4.78, 5) is 37.0. The molecule has 0 bridgehead atoms. The van der Waals surface area contributed by atoms with Crippen LogP contribution in [0.5, 0.6) is 5.75 Å². The first-order chi connectivity index (χ1) is 14.3. The van der Waals surface area contributed by atoms with Crippen molar-refractivity contribution in [1.82, 2.24) is 9.78 Å². The number of aryl methyl sites for hydroxylation is 1. The Morgan fingerprint density at radius 1 is 1.13 bits per heavy atom. The molecule has 1 aromatic heterocycles. The van der Waals surface area contributed by atoms with Crippen molar-refractivity contribution in [2.75, 3.05) is 10.6 Å². The zero-order chi connectivity index (χ0) is 21.8. The Morgan fingerprint density at radius 2 is 1.83 bits per heavy atom. The molecule has 0 fully saturated rings. The van der Waals surface area contributed by atoms with E-state index in [1.165, 1.54) is 25.2 Å². The van der Waals surface area contributed by atoms with E-state index in [0.29, 0.717) is 6.42 Å². The van der Waals surface area contributed by atoms with Crippen molar-refractivity contribution in [3.63, 3.8) is 0 Å². The van der Waals surface area contributed by atoms with E-state index < -0.39 is 22.8 Å². The van der Waals surface area contributed by atoms with Gasteiger partial charge in [0, 0.05) is 7.05 Å². The number of anilines is 3. The zero-order valence-corrected chi connectivity index (χ0v) is 16.6. The van der Waals surface area contributed by atoms with Gasteiger partial charge in [-0.25, -0.2) is 0 Å². The maximum Gasteiger partial charge on any atom is 0.290 e. The molecule has 0 aliphatic carbocycles. The van der Waals surface area contributed by atoms with Gasteiger partial charge in [-0.2, -0.15) is 0 Å². The molecule has 1 unspecified atom stereocenters. The Balaban J connectivity index is 2.09. The molecular formula is C21H23N5O4. The van der Waals surface area contributed by atoms with Gasteiger partial charge >= 0.3 is 0 Å². The maximum absolute atomic E-state index is 12.8. The van der Waals surface area contributed by atoms with Gasteiger partial charge in [-0.15, -0.1) is 0 Å². The highest BCUT2D eigenvalue weighted by Gasteiger charge is 2.20. The number of benzene rings is 2. The molecule has 0 spiro atoms. The Morgan fingerprint density at radius 3 is 2.47 bits per heavy atom. The first-order valence-corrected chi connectivity index (χ1v) is 9.37. The van der Waals surface area contributed by atoms with Crippen LogP contribution in [-0.4, -0.2) is 20.8 Å². The summed E-state index contributed by atoms with van der Waals surface area (Å²) < 4.78 is 1.08. The molecule has 9 heteroatoms. The Hall–Kier alpha value is -4.01. The highest BCUT2D eigenvalue weighted by Crippen LogP contribution is 2.31. The minimum atomic E-state index is -0.817. The number of carbonyl (C=O) groups excluding carboxylic acids is 1. The average Bonchev–Trinajstić information content (AvgIpc) is 2.73. The lowest BCUT2D eigenvalue weighted by atomic mass is 10.0. The van der Waals surface area contributed by atoms with Crippen LogP contribution in [0.3, 0.4) is 0 Å². The summed E-state index contributed by atoms with van der Waals surface area (Å²) in [5.41, 5.74) is 5.11. The molecule has 6 N–H and O–H groups in total. The van der Waals surface area contributed by atoms with E-state index in [1.807, 2.05) is 37.3 Å². The second-order valence-electron chi connectivity index (χ2n) is 6.76. The minimum absolute atomic E-state index is 0.0424. The van der Waals surface area contributed by atoms with Gasteiger partial charge in [0.2, 0.25) is 0 Å². The summed E-state index contributed by atoms with van der Waals surface area (Å²) in [5.74, 6) is -1.23. The first kappa shape index (κ1) is 20.7. The molecule has 3 rings (SSSR count). The third-order valence-electron chi connectivity index (χ3n) is 4.75. The van der Waals surface area contributed by atoms with E-state index >= 15 is 0 Å². The van der Waals surface area contributed by atoms with Gasteiger partial charge in [0.15, 0.2) is 5.75 Å². The van der Waals surface area contributed by atoms with Gasteiger partial charge in [0.05, 0.1) is 17.3 Å². The van der Waals surface area contributed by atoms with Crippen molar-refractivity contribution >= 4 is 23.0 Å². The number of phenols is 1. The van der Waals surface area contributed by atoms with E-state index in [1.54, 1.807) is 0 Å². The SMILES string of the molecule is CCC(Nc1c(Nc2cccc(C(N)=O)c2O)c(=O)[nH]n(C)c1=O)c1ccccc1. The summed E-state index contributed by atoms with van der Waals surface area (Å²) >= 11 is 0. The summed E-state index contributed by atoms with van der Waals surface area (Å²) in [6.45, 7) is 1.96. The van der Waals surface area contributed by atoms with Gasteiger partial charge in [0.1, 0.15) is 11.4 Å². The van der Waals surface area contributed by atoms with E-state index in [0.717, 1.165) is 10.2 Å². The van der Waals surface area contributed by atoms with Crippen LogP contribution >= 0.6 is 0 Å². The fraction of sp³-hybridized carbons (Fsp3) is 0.190. The molecule has 0 saturated heterocycles. The predicted octanol–water partition coefficient (Wildman–Crippen LogP) is 2.18. The number of nitrogens with two attached hydrogens (primary N) is 1. The van der Waals surface area contributed by atoms with Gasteiger partial charge in [-0.1, -0.05) is 43.3 Å². The molecule has 0 aliphatic rings. The van der Waals surface area contributed by atoms with Crippen molar-refractivity contribution in [3.8, 4) is 5.75 Å². The number of hydrogen-bond acceptors (Lipinski definition) is 6. The lowest BCUT2D eigenvalue weighted by Crippen LogP contribution is -2.32. The molecule has 0 saturated carbocycles. The van der Waals surface area contributed by atoms with Gasteiger partial charge in [-0.05, 0) is 24.1 Å². The van der Waals surface area contributed by atoms with Crippen molar-refractivity contribution in [3.05, 3.63) is 80.4 Å². The third kappa shape index (κ3) is 4.04. The lowest BCUT2D eigenvalue weighted by Gasteiger charge is -2.21. The number of aromatic nitrogens is 2. The average molecular weight is 409 g/mol. The lowest BCUT2D eigenvalue weighted by molar-refractivity contribution is 0.0998. The molecule has 9 nitrogen and oxygen atoms in total. The second-order valence-corrected chi connectivity index (χ2v) is 6.76. The Kier molecular flexibility index (Phi) is 5.91. The fourth-order valence-corrected chi connectivity index (χ4v) is 3.16.